The summed E-state index contributed by atoms with van der Waals surface area (Å²) in [7, 11) is 1.75. The third kappa shape index (κ3) is 1.21. The maximum absolute atomic E-state index is 10.9. The van der Waals surface area contributed by atoms with Gasteiger partial charge in [0.1, 0.15) is 0 Å². The second kappa shape index (κ2) is 3.09. The number of aliphatic carboxylic acids is 1. The van der Waals surface area contributed by atoms with Crippen molar-refractivity contribution in [1.29, 1.82) is 0 Å². The van der Waals surface area contributed by atoms with E-state index in [9.17, 15) is 4.79 Å². The fraction of sp³-hybridized carbons (Fsp3) is 0.556. The Labute approximate surface area is 81.3 Å². The molecule has 76 valence electrons. The number of nitrogens with zero attached hydrogens (tertiary/aromatic N) is 2. The molecular weight excluding hydrogens is 184 g/mol. The Morgan fingerprint density at radius 2 is 2.50 bits per heavy atom. The molecule has 0 aliphatic carbocycles. The lowest BCUT2D eigenvalue weighted by atomic mass is 10.2. The summed E-state index contributed by atoms with van der Waals surface area (Å²) >= 11 is 0. The zero-order valence-electron chi connectivity index (χ0n) is 8.15. The van der Waals surface area contributed by atoms with E-state index in [0.29, 0.717) is 24.6 Å². The maximum atomic E-state index is 10.9. The van der Waals surface area contributed by atoms with Crippen molar-refractivity contribution in [2.24, 2.45) is 0 Å². The first kappa shape index (κ1) is 9.21. The second-order valence-corrected chi connectivity index (χ2v) is 3.43. The highest BCUT2D eigenvalue weighted by Gasteiger charge is 2.38. The molecule has 1 atom stereocenters. The molecule has 0 saturated carbocycles. The fourth-order valence-electron chi connectivity index (χ4n) is 1.72. The van der Waals surface area contributed by atoms with Crippen molar-refractivity contribution in [1.82, 2.24) is 9.88 Å². The lowest BCUT2D eigenvalue weighted by Crippen LogP contribution is -2.24. The third-order valence-electron chi connectivity index (χ3n) is 2.40. The van der Waals surface area contributed by atoms with E-state index in [1.54, 1.807) is 11.9 Å². The van der Waals surface area contributed by atoms with Gasteiger partial charge in [0.2, 0.25) is 0 Å². The van der Waals surface area contributed by atoms with Crippen LogP contribution in [-0.4, -0.2) is 28.0 Å². The van der Waals surface area contributed by atoms with E-state index in [1.807, 2.05) is 6.92 Å². The van der Waals surface area contributed by atoms with E-state index in [1.165, 1.54) is 0 Å². The average Bonchev–Trinajstić information content (AvgIpc) is 2.58. The molecule has 1 aromatic rings. The molecule has 0 saturated heterocycles. The van der Waals surface area contributed by atoms with Crippen LogP contribution >= 0.6 is 0 Å². The second-order valence-electron chi connectivity index (χ2n) is 3.43. The third-order valence-corrected chi connectivity index (χ3v) is 2.40. The first-order valence-corrected chi connectivity index (χ1v) is 4.55. The quantitative estimate of drug-likeness (QED) is 0.758. The van der Waals surface area contributed by atoms with Gasteiger partial charge in [-0.05, 0) is 7.05 Å². The summed E-state index contributed by atoms with van der Waals surface area (Å²) < 4.78 is 5.39. The number of likely N-dealkylation sites (N-methyl/N-ethyl adjacent to an activating group) is 1. The Bertz CT molecular complexity index is 372. The minimum atomic E-state index is -0.884. The topological polar surface area (TPSA) is 66.6 Å². The molecule has 0 radical (unpaired) electrons. The van der Waals surface area contributed by atoms with E-state index in [2.05, 4.69) is 4.98 Å². The smallest absolute Gasteiger partial charge is 0.328 e. The van der Waals surface area contributed by atoms with Crippen molar-refractivity contribution < 1.29 is 14.3 Å². The van der Waals surface area contributed by atoms with Crippen molar-refractivity contribution in [3.63, 3.8) is 0 Å². The molecule has 2 heterocycles. The van der Waals surface area contributed by atoms with Gasteiger partial charge in [0.15, 0.2) is 17.7 Å². The first-order chi connectivity index (χ1) is 6.63. The van der Waals surface area contributed by atoms with Gasteiger partial charge >= 0.3 is 5.97 Å². The van der Waals surface area contributed by atoms with Crippen molar-refractivity contribution >= 4 is 5.97 Å². The van der Waals surface area contributed by atoms with Gasteiger partial charge in [-0.15, -0.1) is 0 Å². The van der Waals surface area contributed by atoms with Crippen LogP contribution in [0.3, 0.4) is 0 Å². The van der Waals surface area contributed by atoms with E-state index >= 15 is 0 Å². The van der Waals surface area contributed by atoms with Gasteiger partial charge in [-0.2, -0.15) is 0 Å². The number of aromatic nitrogens is 1. The minimum absolute atomic E-state index is 0.497. The molecule has 0 fully saturated rings. The summed E-state index contributed by atoms with van der Waals surface area (Å²) in [6, 6.07) is -0.669. The largest absolute Gasteiger partial charge is 0.480 e. The summed E-state index contributed by atoms with van der Waals surface area (Å²) in [5.74, 6) is 0.233. The highest BCUT2D eigenvalue weighted by atomic mass is 16.4. The van der Waals surface area contributed by atoms with Gasteiger partial charge in [0, 0.05) is 13.0 Å². The van der Waals surface area contributed by atoms with Gasteiger partial charge in [-0.25, -0.2) is 4.98 Å². The van der Waals surface area contributed by atoms with E-state index in [-0.39, 0.29) is 0 Å². The maximum Gasteiger partial charge on any atom is 0.328 e. The zero-order chi connectivity index (χ0) is 10.3. The number of oxazole rings is 1. The number of rotatable bonds is 2. The number of carbonyl (C=O) groups is 1. The standard InChI is InChI=1S/C9H12N2O3/c1-3-6-10-5-4-11(2)7(9(12)13)8(5)14-6/h7H,3-4H2,1-2H3,(H,12,13). The summed E-state index contributed by atoms with van der Waals surface area (Å²) in [4.78, 5) is 16.9. The van der Waals surface area contributed by atoms with E-state index in [4.69, 9.17) is 9.52 Å². The molecule has 1 aromatic heterocycles. The number of hydrogen-bond donors (Lipinski definition) is 1. The van der Waals surface area contributed by atoms with Crippen LogP contribution in [0, 0.1) is 0 Å². The molecular formula is C9H12N2O3. The van der Waals surface area contributed by atoms with Crippen LogP contribution in [0.5, 0.6) is 0 Å². The summed E-state index contributed by atoms with van der Waals surface area (Å²) in [6.07, 6.45) is 0.697. The number of aryl methyl sites for hydroxylation is 1. The molecule has 1 aliphatic rings. The molecule has 0 aromatic carbocycles. The molecule has 0 bridgehead atoms. The summed E-state index contributed by atoms with van der Waals surface area (Å²) in [5.41, 5.74) is 0.761. The number of carboxylic acid groups (broad SMARTS) is 1. The first-order valence-electron chi connectivity index (χ1n) is 4.55. The van der Waals surface area contributed by atoms with Crippen LogP contribution in [0.2, 0.25) is 0 Å². The fourth-order valence-corrected chi connectivity index (χ4v) is 1.72. The Balaban J connectivity index is 2.39. The molecule has 14 heavy (non-hydrogen) atoms. The van der Waals surface area contributed by atoms with Gasteiger partial charge in [-0.1, -0.05) is 6.92 Å². The number of fused-ring (bicyclic) bond motifs is 1. The van der Waals surface area contributed by atoms with Gasteiger partial charge in [0.25, 0.3) is 0 Å². The minimum Gasteiger partial charge on any atom is -0.480 e. The molecule has 1 N–H and O–H groups in total. The predicted octanol–water partition coefficient (Wildman–Crippen LogP) is 0.808. The molecule has 2 rings (SSSR count). The molecule has 5 heteroatoms. The number of carboxylic acids is 1. The monoisotopic (exact) mass is 196 g/mol. The Morgan fingerprint density at radius 3 is 3.07 bits per heavy atom. The lowest BCUT2D eigenvalue weighted by molar-refractivity contribution is -0.143. The van der Waals surface area contributed by atoms with Crippen LogP contribution in [0.15, 0.2) is 4.42 Å². The van der Waals surface area contributed by atoms with Crippen molar-refractivity contribution in [2.75, 3.05) is 7.05 Å². The van der Waals surface area contributed by atoms with Crippen molar-refractivity contribution in [2.45, 2.75) is 25.9 Å². The van der Waals surface area contributed by atoms with Crippen LogP contribution in [0.4, 0.5) is 0 Å². The van der Waals surface area contributed by atoms with Crippen LogP contribution in [0.1, 0.15) is 30.3 Å². The van der Waals surface area contributed by atoms with Crippen molar-refractivity contribution in [3.8, 4) is 0 Å². The SMILES string of the molecule is CCc1nc2c(o1)C(C(=O)O)N(C)C2. The van der Waals surface area contributed by atoms with E-state index in [0.717, 1.165) is 5.69 Å². The predicted molar refractivity (Wildman–Crippen MR) is 47.7 cm³/mol. The molecule has 1 unspecified atom stereocenters. The summed E-state index contributed by atoms with van der Waals surface area (Å²) in [5, 5.41) is 8.98. The zero-order valence-corrected chi connectivity index (χ0v) is 8.15. The highest BCUT2D eigenvalue weighted by molar-refractivity contribution is 5.75. The summed E-state index contributed by atoms with van der Waals surface area (Å²) in [6.45, 7) is 2.48. The number of hydrogen-bond acceptors (Lipinski definition) is 4. The Kier molecular flexibility index (Phi) is 2.03. The Hall–Kier alpha value is -1.36. The van der Waals surface area contributed by atoms with Crippen molar-refractivity contribution in [3.05, 3.63) is 17.3 Å². The Morgan fingerprint density at radius 1 is 1.79 bits per heavy atom. The highest BCUT2D eigenvalue weighted by Crippen LogP contribution is 2.32. The molecule has 1 aliphatic heterocycles. The van der Waals surface area contributed by atoms with Crippen LogP contribution in [-0.2, 0) is 17.8 Å². The normalized spacial score (nSPS) is 21.1. The lowest BCUT2D eigenvalue weighted by Gasteiger charge is -2.13. The average molecular weight is 196 g/mol. The van der Waals surface area contributed by atoms with Crippen LogP contribution < -0.4 is 0 Å². The van der Waals surface area contributed by atoms with Gasteiger partial charge < -0.3 is 9.52 Å². The molecule has 5 nitrogen and oxygen atoms in total. The molecule has 0 spiro atoms. The van der Waals surface area contributed by atoms with E-state index < -0.39 is 12.0 Å². The van der Waals surface area contributed by atoms with Gasteiger partial charge in [0.05, 0.1) is 5.69 Å². The van der Waals surface area contributed by atoms with Crippen LogP contribution in [0.25, 0.3) is 0 Å². The molecule has 0 amide bonds. The van der Waals surface area contributed by atoms with Gasteiger partial charge in [-0.3, -0.25) is 9.69 Å².